The molecule has 4 N–H and O–H groups in total. The fourth-order valence-corrected chi connectivity index (χ4v) is 0.931. The van der Waals surface area contributed by atoms with Crippen LogP contribution >= 0.6 is 0 Å². The van der Waals surface area contributed by atoms with E-state index in [0.29, 0.717) is 0 Å². The number of hydrogen-bond acceptors (Lipinski definition) is 4. The number of ether oxygens (including phenoxy) is 1. The fourth-order valence-electron chi connectivity index (χ4n) is 0.931. The second-order valence-electron chi connectivity index (χ2n) is 2.49. The maximum absolute atomic E-state index is 13.0. The van der Waals surface area contributed by atoms with Crippen LogP contribution in [-0.2, 0) is 0 Å². The minimum atomic E-state index is -1.73. The van der Waals surface area contributed by atoms with E-state index >= 15 is 0 Å². The van der Waals surface area contributed by atoms with Crippen molar-refractivity contribution in [3.63, 3.8) is 0 Å². The van der Waals surface area contributed by atoms with Crippen molar-refractivity contribution in [1.82, 2.24) is 0 Å². The highest BCUT2D eigenvalue weighted by Crippen LogP contribution is 2.21. The number of halogens is 1. The van der Waals surface area contributed by atoms with Gasteiger partial charge in [-0.25, -0.2) is 4.39 Å². The first-order chi connectivity index (χ1) is 6.06. The molecule has 0 bridgehead atoms. The Morgan fingerprint density at radius 1 is 1.46 bits per heavy atom. The third-order valence-electron chi connectivity index (χ3n) is 1.63. The van der Waals surface area contributed by atoms with Gasteiger partial charge >= 0.3 is 7.12 Å². The van der Waals surface area contributed by atoms with E-state index in [-0.39, 0.29) is 16.9 Å². The van der Waals surface area contributed by atoms with Crippen LogP contribution in [0.15, 0.2) is 12.1 Å². The van der Waals surface area contributed by atoms with Crippen LogP contribution in [0, 0.1) is 5.82 Å². The van der Waals surface area contributed by atoms with Crippen molar-refractivity contribution < 1.29 is 19.2 Å². The van der Waals surface area contributed by atoms with Crippen LogP contribution in [0.3, 0.4) is 0 Å². The molecule has 0 heterocycles. The van der Waals surface area contributed by atoms with E-state index in [0.717, 1.165) is 6.07 Å². The summed E-state index contributed by atoms with van der Waals surface area (Å²) in [4.78, 5) is 0. The SMILES string of the molecule is COc1cc(B(O)O)cc(F)c1N. The van der Waals surface area contributed by atoms with Crippen LogP contribution in [0.1, 0.15) is 0 Å². The summed E-state index contributed by atoms with van der Waals surface area (Å²) in [6.45, 7) is 0. The van der Waals surface area contributed by atoms with Crippen molar-refractivity contribution in [3.05, 3.63) is 17.9 Å². The average molecular weight is 185 g/mol. The molecule has 0 aliphatic heterocycles. The van der Waals surface area contributed by atoms with E-state index < -0.39 is 12.9 Å². The summed E-state index contributed by atoms with van der Waals surface area (Å²) in [5.41, 5.74) is 5.16. The van der Waals surface area contributed by atoms with E-state index in [9.17, 15) is 4.39 Å². The lowest BCUT2D eigenvalue weighted by molar-refractivity contribution is 0.411. The number of hydrogen-bond donors (Lipinski definition) is 3. The van der Waals surface area contributed by atoms with Crippen molar-refractivity contribution in [2.24, 2.45) is 0 Å². The summed E-state index contributed by atoms with van der Waals surface area (Å²) in [5, 5.41) is 17.5. The molecule has 13 heavy (non-hydrogen) atoms. The molecule has 0 aliphatic carbocycles. The Labute approximate surface area is 74.9 Å². The van der Waals surface area contributed by atoms with Gasteiger partial charge in [0, 0.05) is 0 Å². The normalized spacial score (nSPS) is 9.85. The first-order valence-corrected chi connectivity index (χ1v) is 3.55. The minimum Gasteiger partial charge on any atom is -0.495 e. The molecule has 0 unspecified atom stereocenters. The molecule has 0 aromatic heterocycles. The molecule has 0 amide bonds. The Morgan fingerprint density at radius 3 is 2.54 bits per heavy atom. The Bertz CT molecular complexity index is 319. The Balaban J connectivity index is 3.22. The highest BCUT2D eigenvalue weighted by molar-refractivity contribution is 6.58. The maximum Gasteiger partial charge on any atom is 0.488 e. The fraction of sp³-hybridized carbons (Fsp3) is 0.143. The molecule has 0 fully saturated rings. The molecule has 1 aromatic rings. The van der Waals surface area contributed by atoms with Crippen molar-refractivity contribution in [3.8, 4) is 5.75 Å². The molecular weight excluding hydrogens is 176 g/mol. The molecule has 0 spiro atoms. The topological polar surface area (TPSA) is 75.7 Å². The predicted octanol–water partition coefficient (Wildman–Crippen LogP) is -0.904. The number of nitrogens with two attached hydrogens (primary N) is 1. The minimum absolute atomic E-state index is 0.00329. The Hall–Kier alpha value is -1.27. The van der Waals surface area contributed by atoms with Gasteiger partial charge in [0.1, 0.15) is 17.3 Å². The van der Waals surface area contributed by atoms with Crippen LogP contribution in [0.5, 0.6) is 5.75 Å². The predicted molar refractivity (Wildman–Crippen MR) is 47.2 cm³/mol. The summed E-state index contributed by atoms with van der Waals surface area (Å²) in [6.07, 6.45) is 0. The second-order valence-corrected chi connectivity index (χ2v) is 2.49. The van der Waals surface area contributed by atoms with Gasteiger partial charge in [-0.05, 0) is 17.6 Å². The Morgan fingerprint density at radius 2 is 2.08 bits per heavy atom. The van der Waals surface area contributed by atoms with Gasteiger partial charge in [0.05, 0.1) is 7.11 Å². The maximum atomic E-state index is 13.0. The van der Waals surface area contributed by atoms with Crippen LogP contribution < -0.4 is 15.9 Å². The van der Waals surface area contributed by atoms with E-state index in [1.807, 2.05) is 0 Å². The number of rotatable bonds is 2. The smallest absolute Gasteiger partial charge is 0.488 e. The van der Waals surface area contributed by atoms with Gasteiger partial charge in [0.25, 0.3) is 0 Å². The monoisotopic (exact) mass is 185 g/mol. The molecule has 0 saturated heterocycles. The van der Waals surface area contributed by atoms with E-state index in [1.54, 1.807) is 0 Å². The standard InChI is InChI=1S/C7H9BFNO3/c1-13-6-3-4(8(11)12)2-5(9)7(6)10/h2-3,11-12H,10H2,1H3. The summed E-state index contributed by atoms with van der Waals surface area (Å²) in [6, 6.07) is 2.21. The summed E-state index contributed by atoms with van der Waals surface area (Å²) < 4.78 is 17.7. The molecule has 6 heteroatoms. The van der Waals surface area contributed by atoms with Crippen molar-refractivity contribution in [2.75, 3.05) is 12.8 Å². The van der Waals surface area contributed by atoms with Crippen molar-refractivity contribution in [2.45, 2.75) is 0 Å². The van der Waals surface area contributed by atoms with Gasteiger partial charge in [-0.15, -0.1) is 0 Å². The first-order valence-electron chi connectivity index (χ1n) is 3.55. The zero-order valence-corrected chi connectivity index (χ0v) is 6.99. The van der Waals surface area contributed by atoms with Gasteiger partial charge in [0.2, 0.25) is 0 Å². The Kier molecular flexibility index (Phi) is 2.74. The molecule has 1 aromatic carbocycles. The van der Waals surface area contributed by atoms with Gasteiger partial charge in [-0.2, -0.15) is 0 Å². The summed E-state index contributed by atoms with van der Waals surface area (Å²) in [7, 11) is -0.414. The van der Waals surface area contributed by atoms with Crippen molar-refractivity contribution in [1.29, 1.82) is 0 Å². The molecule has 0 radical (unpaired) electrons. The number of methoxy groups -OCH3 is 1. The lowest BCUT2D eigenvalue weighted by atomic mass is 9.80. The molecule has 0 aliphatic rings. The number of anilines is 1. The molecule has 0 atom stereocenters. The van der Waals surface area contributed by atoms with E-state index in [1.165, 1.54) is 13.2 Å². The molecule has 70 valence electrons. The lowest BCUT2D eigenvalue weighted by Crippen LogP contribution is -2.30. The highest BCUT2D eigenvalue weighted by Gasteiger charge is 2.16. The van der Waals surface area contributed by atoms with Crippen LogP contribution in [0.4, 0.5) is 10.1 Å². The lowest BCUT2D eigenvalue weighted by Gasteiger charge is -2.07. The second kappa shape index (κ2) is 3.63. The zero-order valence-electron chi connectivity index (χ0n) is 6.99. The zero-order chi connectivity index (χ0) is 10.0. The molecule has 0 saturated carbocycles. The molecular formula is C7H9BFNO3. The largest absolute Gasteiger partial charge is 0.495 e. The van der Waals surface area contributed by atoms with Gasteiger partial charge in [-0.1, -0.05) is 0 Å². The number of benzene rings is 1. The first kappa shape index (κ1) is 9.82. The van der Waals surface area contributed by atoms with Crippen LogP contribution in [0.2, 0.25) is 0 Å². The van der Waals surface area contributed by atoms with E-state index in [4.69, 9.17) is 20.5 Å². The van der Waals surface area contributed by atoms with Crippen molar-refractivity contribution >= 4 is 18.3 Å². The van der Waals surface area contributed by atoms with E-state index in [2.05, 4.69) is 0 Å². The van der Waals surface area contributed by atoms with Gasteiger partial charge < -0.3 is 20.5 Å². The average Bonchev–Trinajstić information content (AvgIpc) is 2.09. The number of nitrogen functional groups attached to an aromatic ring is 1. The van der Waals surface area contributed by atoms with Gasteiger partial charge in [0.15, 0.2) is 0 Å². The third kappa shape index (κ3) is 1.91. The quantitative estimate of drug-likeness (QED) is 0.412. The summed E-state index contributed by atoms with van der Waals surface area (Å²) >= 11 is 0. The summed E-state index contributed by atoms with van der Waals surface area (Å²) in [5.74, 6) is -0.648. The third-order valence-corrected chi connectivity index (χ3v) is 1.63. The highest BCUT2D eigenvalue weighted by atomic mass is 19.1. The van der Waals surface area contributed by atoms with Crippen LogP contribution in [0.25, 0.3) is 0 Å². The molecule has 1 rings (SSSR count). The van der Waals surface area contributed by atoms with Gasteiger partial charge in [-0.3, -0.25) is 0 Å². The molecule has 4 nitrogen and oxygen atoms in total. The van der Waals surface area contributed by atoms with Crippen LogP contribution in [-0.4, -0.2) is 24.3 Å².